The fourth-order valence-corrected chi connectivity index (χ4v) is 3.00. The van der Waals surface area contributed by atoms with Gasteiger partial charge in [0.1, 0.15) is 12.1 Å². The molecule has 2 aromatic rings. The molecule has 98 valence electrons. The normalized spacial score (nSPS) is 13.1. The van der Waals surface area contributed by atoms with Gasteiger partial charge in [0.25, 0.3) is 0 Å². The van der Waals surface area contributed by atoms with Crippen molar-refractivity contribution in [3.05, 3.63) is 17.8 Å². The minimum Gasteiger partial charge on any atom is -0.367 e. The van der Waals surface area contributed by atoms with Gasteiger partial charge in [-0.3, -0.25) is 0 Å². The summed E-state index contributed by atoms with van der Waals surface area (Å²) in [4.78, 5) is 8.52. The Labute approximate surface area is 112 Å². The number of thiophene rings is 1. The summed E-state index contributed by atoms with van der Waals surface area (Å²) in [5, 5.41) is 5.39. The van der Waals surface area contributed by atoms with Crippen molar-refractivity contribution < 1.29 is 0 Å². The Balaban J connectivity index is 2.04. The Kier molecular flexibility index (Phi) is 4.49. The van der Waals surface area contributed by atoms with E-state index in [1.54, 1.807) is 17.7 Å². The Morgan fingerprint density at radius 3 is 2.83 bits per heavy atom. The Morgan fingerprint density at radius 2 is 2.11 bits per heavy atom. The highest BCUT2D eigenvalue weighted by Gasteiger charge is 2.14. The standard InChI is InChI=1S/C13H20N4S/c1-3-9(4-2)10(14)7-15-13-12-11(5-6-18-12)16-8-17-13/h5-6,8-10H,3-4,7,14H2,1-2H3,(H,15,16,17). The largest absolute Gasteiger partial charge is 0.367 e. The molecule has 0 bridgehead atoms. The lowest BCUT2D eigenvalue weighted by Crippen LogP contribution is -2.36. The summed E-state index contributed by atoms with van der Waals surface area (Å²) in [6, 6.07) is 2.18. The van der Waals surface area contributed by atoms with Crippen molar-refractivity contribution in [1.29, 1.82) is 0 Å². The summed E-state index contributed by atoms with van der Waals surface area (Å²) in [5.41, 5.74) is 7.20. The van der Waals surface area contributed by atoms with Crippen molar-refractivity contribution >= 4 is 27.4 Å². The van der Waals surface area contributed by atoms with Crippen molar-refractivity contribution in [3.63, 3.8) is 0 Å². The second kappa shape index (κ2) is 6.11. The van der Waals surface area contributed by atoms with Gasteiger partial charge >= 0.3 is 0 Å². The molecule has 1 unspecified atom stereocenters. The van der Waals surface area contributed by atoms with Crippen LogP contribution in [-0.4, -0.2) is 22.6 Å². The van der Waals surface area contributed by atoms with Crippen LogP contribution in [0, 0.1) is 5.92 Å². The van der Waals surface area contributed by atoms with Crippen LogP contribution in [0.4, 0.5) is 5.82 Å². The van der Waals surface area contributed by atoms with E-state index in [0.29, 0.717) is 5.92 Å². The minimum atomic E-state index is 0.171. The van der Waals surface area contributed by atoms with E-state index >= 15 is 0 Å². The number of rotatable bonds is 6. The lowest BCUT2D eigenvalue weighted by molar-refractivity contribution is 0.407. The number of nitrogens with two attached hydrogens (primary N) is 1. The van der Waals surface area contributed by atoms with Crippen molar-refractivity contribution in [1.82, 2.24) is 9.97 Å². The van der Waals surface area contributed by atoms with E-state index < -0.39 is 0 Å². The Morgan fingerprint density at radius 1 is 1.33 bits per heavy atom. The van der Waals surface area contributed by atoms with Gasteiger partial charge < -0.3 is 11.1 Å². The number of hydrogen-bond donors (Lipinski definition) is 2. The zero-order chi connectivity index (χ0) is 13.0. The van der Waals surface area contributed by atoms with Gasteiger partial charge in [0.2, 0.25) is 0 Å². The van der Waals surface area contributed by atoms with Crippen LogP contribution >= 0.6 is 11.3 Å². The average Bonchev–Trinajstić information content (AvgIpc) is 2.86. The monoisotopic (exact) mass is 264 g/mol. The zero-order valence-electron chi connectivity index (χ0n) is 10.9. The van der Waals surface area contributed by atoms with Crippen LogP contribution in [0.1, 0.15) is 26.7 Å². The second-order valence-corrected chi connectivity index (χ2v) is 5.39. The van der Waals surface area contributed by atoms with Gasteiger partial charge in [0.15, 0.2) is 0 Å². The zero-order valence-corrected chi connectivity index (χ0v) is 11.7. The Bertz CT molecular complexity index is 492. The third-order valence-corrected chi connectivity index (χ3v) is 4.31. The van der Waals surface area contributed by atoms with E-state index in [2.05, 4.69) is 29.1 Å². The number of nitrogens with zero attached hydrogens (tertiary/aromatic N) is 2. The number of fused-ring (bicyclic) bond motifs is 1. The SMILES string of the molecule is CCC(CC)C(N)CNc1ncnc2ccsc12. The molecular formula is C13H20N4S. The van der Waals surface area contributed by atoms with Gasteiger partial charge in [-0.2, -0.15) is 0 Å². The molecule has 5 heteroatoms. The van der Waals surface area contributed by atoms with Crippen molar-refractivity contribution in [2.24, 2.45) is 11.7 Å². The van der Waals surface area contributed by atoms with Crippen LogP contribution in [-0.2, 0) is 0 Å². The molecule has 0 aromatic carbocycles. The van der Waals surface area contributed by atoms with E-state index in [0.717, 1.165) is 35.4 Å². The molecule has 0 aliphatic rings. The number of anilines is 1. The van der Waals surface area contributed by atoms with Crippen molar-refractivity contribution in [2.75, 3.05) is 11.9 Å². The van der Waals surface area contributed by atoms with Gasteiger partial charge in [0, 0.05) is 12.6 Å². The summed E-state index contributed by atoms with van der Waals surface area (Å²) in [6.45, 7) is 5.14. The fourth-order valence-electron chi connectivity index (χ4n) is 2.19. The molecule has 1 atom stereocenters. The van der Waals surface area contributed by atoms with Gasteiger partial charge in [-0.1, -0.05) is 26.7 Å². The predicted octanol–water partition coefficient (Wildman–Crippen LogP) is 2.87. The smallest absolute Gasteiger partial charge is 0.147 e. The maximum atomic E-state index is 6.20. The maximum Gasteiger partial charge on any atom is 0.147 e. The molecular weight excluding hydrogens is 244 g/mol. The highest BCUT2D eigenvalue weighted by atomic mass is 32.1. The Hall–Kier alpha value is -1.20. The molecule has 2 rings (SSSR count). The minimum absolute atomic E-state index is 0.171. The third kappa shape index (κ3) is 2.79. The lowest BCUT2D eigenvalue weighted by atomic mass is 9.95. The quantitative estimate of drug-likeness (QED) is 0.842. The molecule has 0 amide bonds. The first-order valence-electron chi connectivity index (χ1n) is 6.43. The molecule has 0 aliphatic carbocycles. The topological polar surface area (TPSA) is 63.8 Å². The van der Waals surface area contributed by atoms with Gasteiger partial charge in [0.05, 0.1) is 10.2 Å². The fraction of sp³-hybridized carbons (Fsp3) is 0.538. The molecule has 2 heterocycles. The summed E-state index contributed by atoms with van der Waals surface area (Å²) in [7, 11) is 0. The summed E-state index contributed by atoms with van der Waals surface area (Å²) >= 11 is 1.66. The van der Waals surface area contributed by atoms with Crippen LogP contribution in [0.5, 0.6) is 0 Å². The van der Waals surface area contributed by atoms with Crippen LogP contribution in [0.25, 0.3) is 10.2 Å². The average molecular weight is 264 g/mol. The van der Waals surface area contributed by atoms with Crippen LogP contribution in [0.2, 0.25) is 0 Å². The van der Waals surface area contributed by atoms with Gasteiger partial charge in [-0.15, -0.1) is 11.3 Å². The predicted molar refractivity (Wildman–Crippen MR) is 78.0 cm³/mol. The van der Waals surface area contributed by atoms with Crippen molar-refractivity contribution in [3.8, 4) is 0 Å². The number of aromatic nitrogens is 2. The van der Waals surface area contributed by atoms with E-state index in [1.807, 2.05) is 11.4 Å². The van der Waals surface area contributed by atoms with Crippen molar-refractivity contribution in [2.45, 2.75) is 32.7 Å². The first-order valence-corrected chi connectivity index (χ1v) is 7.31. The second-order valence-electron chi connectivity index (χ2n) is 4.48. The molecule has 18 heavy (non-hydrogen) atoms. The summed E-state index contributed by atoms with van der Waals surface area (Å²) < 4.78 is 1.11. The molecule has 0 saturated heterocycles. The lowest BCUT2D eigenvalue weighted by Gasteiger charge is -2.21. The first kappa shape index (κ1) is 13.2. The molecule has 0 saturated carbocycles. The summed E-state index contributed by atoms with van der Waals surface area (Å²) in [6.07, 6.45) is 3.84. The number of nitrogens with one attached hydrogen (secondary N) is 1. The maximum absolute atomic E-state index is 6.20. The molecule has 2 aromatic heterocycles. The summed E-state index contributed by atoms with van der Waals surface area (Å²) in [5.74, 6) is 1.47. The van der Waals surface area contributed by atoms with E-state index in [4.69, 9.17) is 5.73 Å². The van der Waals surface area contributed by atoms with Gasteiger partial charge in [-0.25, -0.2) is 9.97 Å². The highest BCUT2D eigenvalue weighted by molar-refractivity contribution is 7.17. The molecule has 0 spiro atoms. The highest BCUT2D eigenvalue weighted by Crippen LogP contribution is 2.24. The van der Waals surface area contributed by atoms with E-state index in [9.17, 15) is 0 Å². The number of hydrogen-bond acceptors (Lipinski definition) is 5. The van der Waals surface area contributed by atoms with Crippen LogP contribution in [0.15, 0.2) is 17.8 Å². The third-order valence-electron chi connectivity index (χ3n) is 3.40. The molecule has 0 radical (unpaired) electrons. The van der Waals surface area contributed by atoms with Crippen LogP contribution in [0.3, 0.4) is 0 Å². The van der Waals surface area contributed by atoms with Gasteiger partial charge in [-0.05, 0) is 17.4 Å². The van der Waals surface area contributed by atoms with E-state index in [-0.39, 0.29) is 6.04 Å². The van der Waals surface area contributed by atoms with Crippen LogP contribution < -0.4 is 11.1 Å². The molecule has 0 fully saturated rings. The van der Waals surface area contributed by atoms with E-state index in [1.165, 1.54) is 0 Å². The first-order chi connectivity index (χ1) is 8.76. The molecule has 4 nitrogen and oxygen atoms in total. The molecule has 0 aliphatic heterocycles. The molecule has 3 N–H and O–H groups in total.